The molecule has 5 nitrogen and oxygen atoms in total. The Hall–Kier alpha value is -1.62. The maximum Gasteiger partial charge on any atom is 0.276 e. The van der Waals surface area contributed by atoms with Gasteiger partial charge in [-0.15, -0.1) is 0 Å². The lowest BCUT2D eigenvalue weighted by molar-refractivity contribution is 0.0635. The third-order valence-electron chi connectivity index (χ3n) is 3.46. The minimum atomic E-state index is -0.214. The summed E-state index contributed by atoms with van der Waals surface area (Å²) in [5.41, 5.74) is 0.133. The van der Waals surface area contributed by atoms with Crippen LogP contribution in [0.1, 0.15) is 23.3 Å². The maximum absolute atomic E-state index is 12.3. The molecule has 1 aromatic rings. The zero-order chi connectivity index (χ0) is 13.1. The van der Waals surface area contributed by atoms with E-state index in [1.54, 1.807) is 18.0 Å². The molecule has 2 rings (SSSR count). The number of likely N-dealkylation sites (tertiary alicyclic amines) is 1. The predicted molar refractivity (Wildman–Crippen MR) is 68.5 cm³/mol. The summed E-state index contributed by atoms with van der Waals surface area (Å²) in [6.07, 6.45) is 3.61. The largest absolute Gasteiger partial charge is 0.505 e. The lowest BCUT2D eigenvalue weighted by atomic mass is 10.0. The summed E-state index contributed by atoms with van der Waals surface area (Å²) in [5.74, 6) is -0.271. The van der Waals surface area contributed by atoms with E-state index in [-0.39, 0.29) is 23.4 Å². The first-order chi connectivity index (χ1) is 8.59. The van der Waals surface area contributed by atoms with Gasteiger partial charge in [0.15, 0.2) is 5.69 Å². The van der Waals surface area contributed by atoms with Crippen molar-refractivity contribution in [3.8, 4) is 5.75 Å². The van der Waals surface area contributed by atoms with Gasteiger partial charge in [-0.2, -0.15) is 0 Å². The highest BCUT2D eigenvalue weighted by molar-refractivity contribution is 5.94. The van der Waals surface area contributed by atoms with E-state index in [1.807, 2.05) is 0 Å². The van der Waals surface area contributed by atoms with Gasteiger partial charge in [-0.3, -0.25) is 4.79 Å². The minimum absolute atomic E-state index is 0.0569. The lowest BCUT2D eigenvalue weighted by Crippen LogP contribution is -2.47. The van der Waals surface area contributed by atoms with Crippen molar-refractivity contribution in [2.24, 2.45) is 0 Å². The van der Waals surface area contributed by atoms with E-state index in [9.17, 15) is 9.90 Å². The van der Waals surface area contributed by atoms with Crippen molar-refractivity contribution in [3.05, 3.63) is 24.0 Å². The number of hydrogen-bond acceptors (Lipinski definition) is 4. The zero-order valence-corrected chi connectivity index (χ0v) is 10.8. The van der Waals surface area contributed by atoms with Crippen LogP contribution in [0.3, 0.4) is 0 Å². The fourth-order valence-corrected chi connectivity index (χ4v) is 2.35. The Kier molecular flexibility index (Phi) is 3.81. The lowest BCUT2D eigenvalue weighted by Gasteiger charge is -2.35. The quantitative estimate of drug-likeness (QED) is 0.848. The van der Waals surface area contributed by atoms with E-state index in [1.165, 1.54) is 12.3 Å². The van der Waals surface area contributed by atoms with E-state index in [0.29, 0.717) is 0 Å². The monoisotopic (exact) mass is 249 g/mol. The molecule has 0 saturated carbocycles. The molecule has 0 spiro atoms. The van der Waals surface area contributed by atoms with Gasteiger partial charge in [0.2, 0.25) is 0 Å². The number of piperidine rings is 1. The molecule has 0 aliphatic carbocycles. The normalized spacial score (nSPS) is 20.7. The first kappa shape index (κ1) is 12.8. The summed E-state index contributed by atoms with van der Waals surface area (Å²) in [7, 11) is 3.84. The third-order valence-corrected chi connectivity index (χ3v) is 3.46. The number of likely N-dealkylation sites (N-methyl/N-ethyl adjacent to an activating group) is 2. The van der Waals surface area contributed by atoms with Crippen LogP contribution >= 0.6 is 0 Å². The summed E-state index contributed by atoms with van der Waals surface area (Å²) in [6.45, 7) is 1.95. The fraction of sp³-hybridized carbons (Fsp3) is 0.538. The van der Waals surface area contributed by atoms with Gasteiger partial charge in [0.05, 0.1) is 0 Å². The van der Waals surface area contributed by atoms with E-state index >= 15 is 0 Å². The van der Waals surface area contributed by atoms with Gasteiger partial charge < -0.3 is 14.9 Å². The second-order valence-corrected chi connectivity index (χ2v) is 4.85. The molecule has 5 heteroatoms. The molecule has 0 aromatic carbocycles. The van der Waals surface area contributed by atoms with E-state index in [4.69, 9.17) is 0 Å². The first-order valence-corrected chi connectivity index (χ1v) is 6.19. The molecule has 18 heavy (non-hydrogen) atoms. The van der Waals surface area contributed by atoms with Crippen molar-refractivity contribution in [3.63, 3.8) is 0 Å². The Morgan fingerprint density at radius 3 is 3.06 bits per heavy atom. The topological polar surface area (TPSA) is 56.7 Å². The van der Waals surface area contributed by atoms with E-state index < -0.39 is 0 Å². The molecule has 2 heterocycles. The SMILES string of the molecule is CN1CCCC(N(C)C(=O)c2ncccc2O)C1. The summed E-state index contributed by atoms with van der Waals surface area (Å²) in [5, 5.41) is 9.66. The predicted octanol–water partition coefficient (Wildman–Crippen LogP) is 0.953. The van der Waals surface area contributed by atoms with E-state index in [0.717, 1.165) is 25.9 Å². The van der Waals surface area contributed by atoms with Gasteiger partial charge in [-0.1, -0.05) is 0 Å². The first-order valence-electron chi connectivity index (χ1n) is 6.19. The molecule has 1 saturated heterocycles. The van der Waals surface area contributed by atoms with Crippen LogP contribution < -0.4 is 0 Å². The average molecular weight is 249 g/mol. The van der Waals surface area contributed by atoms with Crippen LogP contribution in [0, 0.1) is 0 Å². The van der Waals surface area contributed by atoms with Gasteiger partial charge >= 0.3 is 0 Å². The molecule has 0 radical (unpaired) electrons. The molecule has 1 fully saturated rings. The smallest absolute Gasteiger partial charge is 0.276 e. The summed E-state index contributed by atoms with van der Waals surface area (Å²) < 4.78 is 0. The van der Waals surface area contributed by atoms with Crippen LogP contribution in [-0.2, 0) is 0 Å². The molecule has 1 atom stereocenters. The number of amides is 1. The van der Waals surface area contributed by atoms with Crippen LogP contribution in [0.4, 0.5) is 0 Å². The van der Waals surface area contributed by atoms with Crippen LogP contribution in [-0.4, -0.2) is 59.0 Å². The van der Waals surface area contributed by atoms with Gasteiger partial charge in [-0.25, -0.2) is 4.98 Å². The van der Waals surface area contributed by atoms with Crippen LogP contribution in [0.2, 0.25) is 0 Å². The number of carbonyl (C=O) groups excluding carboxylic acids is 1. The highest BCUT2D eigenvalue weighted by Crippen LogP contribution is 2.19. The molecule has 1 amide bonds. The average Bonchev–Trinajstić information content (AvgIpc) is 2.37. The number of aromatic hydroxyl groups is 1. The third kappa shape index (κ3) is 2.61. The fourth-order valence-electron chi connectivity index (χ4n) is 2.35. The number of rotatable bonds is 2. The van der Waals surface area contributed by atoms with E-state index in [2.05, 4.69) is 16.9 Å². The molecule has 1 aliphatic heterocycles. The molecule has 0 bridgehead atoms. The zero-order valence-electron chi connectivity index (χ0n) is 10.8. The maximum atomic E-state index is 12.3. The van der Waals surface area contributed by atoms with Crippen molar-refractivity contribution in [2.45, 2.75) is 18.9 Å². The number of pyridine rings is 1. The van der Waals surface area contributed by atoms with Gasteiger partial charge in [0.25, 0.3) is 5.91 Å². The van der Waals surface area contributed by atoms with Crippen molar-refractivity contribution in [2.75, 3.05) is 27.2 Å². The summed E-state index contributed by atoms with van der Waals surface area (Å²) in [6, 6.07) is 3.29. The van der Waals surface area contributed by atoms with Crippen molar-refractivity contribution in [1.82, 2.24) is 14.8 Å². The Labute approximate surface area is 107 Å². The molecule has 1 aliphatic rings. The van der Waals surface area contributed by atoms with Gasteiger partial charge in [0, 0.05) is 25.8 Å². The van der Waals surface area contributed by atoms with Crippen molar-refractivity contribution in [1.29, 1.82) is 0 Å². The van der Waals surface area contributed by atoms with Crippen molar-refractivity contribution >= 4 is 5.91 Å². The Morgan fingerprint density at radius 1 is 1.61 bits per heavy atom. The molecule has 98 valence electrons. The Morgan fingerprint density at radius 2 is 2.39 bits per heavy atom. The Bertz CT molecular complexity index is 436. The second kappa shape index (κ2) is 5.35. The summed E-state index contributed by atoms with van der Waals surface area (Å²) >= 11 is 0. The highest BCUT2D eigenvalue weighted by Gasteiger charge is 2.26. The Balaban J connectivity index is 2.11. The molecule has 1 unspecified atom stereocenters. The minimum Gasteiger partial charge on any atom is -0.505 e. The highest BCUT2D eigenvalue weighted by atomic mass is 16.3. The van der Waals surface area contributed by atoms with Crippen LogP contribution in [0.15, 0.2) is 18.3 Å². The van der Waals surface area contributed by atoms with Crippen LogP contribution in [0.5, 0.6) is 5.75 Å². The number of nitrogens with zero attached hydrogens (tertiary/aromatic N) is 3. The van der Waals surface area contributed by atoms with Gasteiger partial charge in [-0.05, 0) is 38.6 Å². The van der Waals surface area contributed by atoms with Crippen molar-refractivity contribution < 1.29 is 9.90 Å². The molecule has 1 N–H and O–H groups in total. The second-order valence-electron chi connectivity index (χ2n) is 4.85. The summed E-state index contributed by atoms with van der Waals surface area (Å²) in [4.78, 5) is 20.1. The number of hydrogen-bond donors (Lipinski definition) is 1. The molecular weight excluding hydrogens is 230 g/mol. The number of carbonyl (C=O) groups is 1. The molecule has 1 aromatic heterocycles. The number of aromatic nitrogens is 1. The standard InChI is InChI=1S/C13H19N3O2/c1-15-8-4-5-10(9-15)16(2)13(18)12-11(17)6-3-7-14-12/h3,6-7,10,17H,4-5,8-9H2,1-2H3. The molecular formula is C13H19N3O2. The van der Waals surface area contributed by atoms with Gasteiger partial charge in [0.1, 0.15) is 5.75 Å². The van der Waals surface area contributed by atoms with Crippen LogP contribution in [0.25, 0.3) is 0 Å².